The summed E-state index contributed by atoms with van der Waals surface area (Å²) in [5.41, 5.74) is 0.603. The highest BCUT2D eigenvalue weighted by Gasteiger charge is 2.27. The number of nitrogens with zero attached hydrogens (tertiary/aromatic N) is 5. The molecule has 1 unspecified atom stereocenters. The van der Waals surface area contributed by atoms with E-state index in [4.69, 9.17) is 18.4 Å². The lowest BCUT2D eigenvalue weighted by Crippen LogP contribution is -2.21. The van der Waals surface area contributed by atoms with Crippen molar-refractivity contribution in [2.75, 3.05) is 6.61 Å². The van der Waals surface area contributed by atoms with Crippen LogP contribution >= 0.6 is 11.8 Å². The Kier molecular flexibility index (Phi) is 4.96. The quantitative estimate of drug-likeness (QED) is 0.246. The molecule has 156 valence electrons. The molecule has 0 N–H and O–H groups in total. The molecule has 2 aromatic heterocycles. The van der Waals surface area contributed by atoms with E-state index in [9.17, 15) is 10.1 Å². The van der Waals surface area contributed by atoms with Gasteiger partial charge in [0.1, 0.15) is 6.61 Å². The van der Waals surface area contributed by atoms with Gasteiger partial charge in [0.05, 0.1) is 10.7 Å². The zero-order valence-electron chi connectivity index (χ0n) is 15.7. The highest BCUT2D eigenvalue weighted by atomic mass is 32.2. The molecule has 0 bridgehead atoms. The van der Waals surface area contributed by atoms with Crippen LogP contribution in [0.1, 0.15) is 17.9 Å². The van der Waals surface area contributed by atoms with Gasteiger partial charge in [-0.15, -0.1) is 10.2 Å². The van der Waals surface area contributed by atoms with Crippen LogP contribution in [0.3, 0.4) is 0 Å². The van der Waals surface area contributed by atoms with Crippen molar-refractivity contribution >= 4 is 17.4 Å². The molecule has 0 fully saturated rings. The van der Waals surface area contributed by atoms with Gasteiger partial charge >= 0.3 is 0 Å². The number of para-hydroxylation sites is 2. The molecule has 2 aromatic carbocycles. The van der Waals surface area contributed by atoms with Crippen LogP contribution in [0.5, 0.6) is 11.5 Å². The Hall–Kier alpha value is -3.93. The van der Waals surface area contributed by atoms with E-state index in [-0.39, 0.29) is 12.3 Å². The third-order valence-electron chi connectivity index (χ3n) is 4.33. The fourth-order valence-corrected chi connectivity index (χ4v) is 3.44. The SMILES string of the molecule is O=[N+]([O-])c1ccc(-c2noc(CSc3nnc(C4COc5ccccc5O4)o3)n2)cc1. The summed E-state index contributed by atoms with van der Waals surface area (Å²) in [6.07, 6.45) is -0.492. The second-order valence-corrected chi connectivity index (χ2v) is 7.30. The normalized spacial score (nSPS) is 15.0. The van der Waals surface area contributed by atoms with Gasteiger partial charge in [-0.25, -0.2) is 0 Å². The lowest BCUT2D eigenvalue weighted by atomic mass is 10.2. The van der Waals surface area contributed by atoms with E-state index >= 15 is 0 Å². The average molecular weight is 439 g/mol. The summed E-state index contributed by atoms with van der Waals surface area (Å²) in [7, 11) is 0. The topological polar surface area (TPSA) is 139 Å². The summed E-state index contributed by atoms with van der Waals surface area (Å²) in [5.74, 6) is 2.61. The molecule has 0 saturated heterocycles. The molecule has 0 spiro atoms. The van der Waals surface area contributed by atoms with Crippen molar-refractivity contribution in [3.8, 4) is 22.9 Å². The number of thioether (sulfide) groups is 1. The summed E-state index contributed by atoms with van der Waals surface area (Å²) in [4.78, 5) is 14.6. The van der Waals surface area contributed by atoms with E-state index in [1.54, 1.807) is 12.1 Å². The highest BCUT2D eigenvalue weighted by molar-refractivity contribution is 7.98. The lowest BCUT2D eigenvalue weighted by Gasteiger charge is -2.23. The molecule has 11 nitrogen and oxygen atoms in total. The maximum atomic E-state index is 10.7. The van der Waals surface area contributed by atoms with Crippen molar-refractivity contribution in [3.63, 3.8) is 0 Å². The van der Waals surface area contributed by atoms with Crippen LogP contribution in [0, 0.1) is 10.1 Å². The fourth-order valence-electron chi connectivity index (χ4n) is 2.84. The van der Waals surface area contributed by atoms with Gasteiger partial charge in [-0.05, 0) is 24.3 Å². The first kappa shape index (κ1) is 19.1. The molecule has 1 aliphatic heterocycles. The molecule has 3 heterocycles. The lowest BCUT2D eigenvalue weighted by molar-refractivity contribution is -0.384. The summed E-state index contributed by atoms with van der Waals surface area (Å²) in [5, 5.41) is 23.0. The van der Waals surface area contributed by atoms with Gasteiger partial charge in [0.15, 0.2) is 11.5 Å². The summed E-state index contributed by atoms with van der Waals surface area (Å²) in [6.45, 7) is 0.269. The minimum atomic E-state index is -0.492. The number of fused-ring (bicyclic) bond motifs is 1. The molecular weight excluding hydrogens is 426 g/mol. The molecule has 1 aliphatic rings. The van der Waals surface area contributed by atoms with Crippen LogP contribution in [0.4, 0.5) is 5.69 Å². The number of ether oxygens (including phenoxy) is 2. The van der Waals surface area contributed by atoms with Gasteiger partial charge in [-0.2, -0.15) is 4.98 Å². The minimum absolute atomic E-state index is 0.00828. The van der Waals surface area contributed by atoms with Crippen molar-refractivity contribution in [2.24, 2.45) is 0 Å². The Bertz CT molecular complexity index is 1220. The first-order valence-corrected chi connectivity index (χ1v) is 10.1. The number of nitro groups is 1. The monoisotopic (exact) mass is 439 g/mol. The molecule has 0 radical (unpaired) electrons. The zero-order valence-corrected chi connectivity index (χ0v) is 16.5. The van der Waals surface area contributed by atoms with Crippen molar-refractivity contribution in [3.05, 3.63) is 70.4 Å². The van der Waals surface area contributed by atoms with E-state index < -0.39 is 11.0 Å². The maximum Gasteiger partial charge on any atom is 0.277 e. The van der Waals surface area contributed by atoms with E-state index in [0.29, 0.717) is 45.6 Å². The molecule has 12 heteroatoms. The van der Waals surface area contributed by atoms with Crippen molar-refractivity contribution < 1.29 is 23.3 Å². The zero-order chi connectivity index (χ0) is 21.2. The van der Waals surface area contributed by atoms with Crippen LogP contribution < -0.4 is 9.47 Å². The molecule has 0 saturated carbocycles. The second kappa shape index (κ2) is 8.07. The largest absolute Gasteiger partial charge is 0.485 e. The van der Waals surface area contributed by atoms with Gasteiger partial charge in [0.25, 0.3) is 16.8 Å². The number of hydrogen-bond acceptors (Lipinski definition) is 11. The van der Waals surface area contributed by atoms with Gasteiger partial charge in [-0.3, -0.25) is 10.1 Å². The van der Waals surface area contributed by atoms with Gasteiger partial charge < -0.3 is 18.4 Å². The van der Waals surface area contributed by atoms with E-state index in [1.165, 1.54) is 23.9 Å². The average Bonchev–Trinajstić information content (AvgIpc) is 3.47. The number of aromatic nitrogens is 4. The molecule has 4 aromatic rings. The Balaban J connectivity index is 1.21. The number of rotatable bonds is 6. The summed E-state index contributed by atoms with van der Waals surface area (Å²) < 4.78 is 22.4. The van der Waals surface area contributed by atoms with Crippen LogP contribution in [0.15, 0.2) is 62.7 Å². The van der Waals surface area contributed by atoms with Crippen LogP contribution in [-0.2, 0) is 5.75 Å². The standard InChI is InChI=1S/C19H13N5O6S/c25-24(26)12-7-5-11(6-8-12)17-20-16(30-23-17)10-31-19-22-21-18(29-19)15-9-27-13-3-1-2-4-14(13)28-15/h1-8,15H,9-10H2. The second-order valence-electron chi connectivity index (χ2n) is 6.37. The van der Waals surface area contributed by atoms with Crippen molar-refractivity contribution in [1.82, 2.24) is 20.3 Å². The predicted octanol–water partition coefficient (Wildman–Crippen LogP) is 3.83. The smallest absolute Gasteiger partial charge is 0.277 e. The number of non-ortho nitro benzene ring substituents is 1. The molecule has 0 aliphatic carbocycles. The number of nitro benzene ring substituents is 1. The third-order valence-corrected chi connectivity index (χ3v) is 5.13. The Morgan fingerprint density at radius 3 is 2.71 bits per heavy atom. The van der Waals surface area contributed by atoms with Gasteiger partial charge in [0, 0.05) is 17.7 Å². The molecule has 31 heavy (non-hydrogen) atoms. The maximum absolute atomic E-state index is 10.7. The van der Waals surface area contributed by atoms with Crippen molar-refractivity contribution in [2.45, 2.75) is 17.1 Å². The van der Waals surface area contributed by atoms with Gasteiger partial charge in [-0.1, -0.05) is 29.1 Å². The Labute approximate surface area is 178 Å². The predicted molar refractivity (Wildman–Crippen MR) is 106 cm³/mol. The molecule has 5 rings (SSSR count). The van der Waals surface area contributed by atoms with Crippen LogP contribution in [0.25, 0.3) is 11.4 Å². The fraction of sp³-hybridized carbons (Fsp3) is 0.158. The van der Waals surface area contributed by atoms with E-state index in [1.807, 2.05) is 24.3 Å². The minimum Gasteiger partial charge on any atom is -0.485 e. The Morgan fingerprint density at radius 1 is 1.10 bits per heavy atom. The van der Waals surface area contributed by atoms with Crippen LogP contribution in [-0.4, -0.2) is 31.9 Å². The Morgan fingerprint density at radius 2 is 1.90 bits per heavy atom. The first-order valence-electron chi connectivity index (χ1n) is 9.08. The molecule has 1 atom stereocenters. The van der Waals surface area contributed by atoms with Gasteiger partial charge in [0.2, 0.25) is 17.8 Å². The highest BCUT2D eigenvalue weighted by Crippen LogP contribution is 2.36. The van der Waals surface area contributed by atoms with E-state index in [2.05, 4.69) is 20.3 Å². The first-order chi connectivity index (χ1) is 15.2. The summed E-state index contributed by atoms with van der Waals surface area (Å²) >= 11 is 1.24. The van der Waals surface area contributed by atoms with Crippen molar-refractivity contribution in [1.29, 1.82) is 0 Å². The van der Waals surface area contributed by atoms with E-state index in [0.717, 1.165) is 0 Å². The summed E-state index contributed by atoms with van der Waals surface area (Å²) in [6, 6.07) is 13.3. The molecule has 0 amide bonds. The number of benzene rings is 2. The number of hydrogen-bond donors (Lipinski definition) is 0. The van der Waals surface area contributed by atoms with Crippen LogP contribution in [0.2, 0.25) is 0 Å². The third kappa shape index (κ3) is 4.05. The molecular formula is C19H13N5O6S.